The molecule has 1 aliphatic rings. The maximum absolute atomic E-state index is 13.3. The van der Waals surface area contributed by atoms with Crippen molar-refractivity contribution in [3.8, 4) is 0 Å². The lowest BCUT2D eigenvalue weighted by molar-refractivity contribution is -0.118. The van der Waals surface area contributed by atoms with Gasteiger partial charge in [-0.25, -0.2) is 4.79 Å². The molecule has 6 heteroatoms. The maximum atomic E-state index is 13.3. The third kappa shape index (κ3) is 5.73. The molecule has 3 unspecified atom stereocenters. The Hall–Kier alpha value is -4.16. The van der Waals surface area contributed by atoms with E-state index in [9.17, 15) is 9.59 Å². The number of anilines is 1. The number of nitrogens with two attached hydrogens (primary N) is 1. The number of hydrogen-bond donors (Lipinski definition) is 3. The number of carbonyl (C=O) groups excluding carboxylic acids is 2. The van der Waals surface area contributed by atoms with E-state index in [4.69, 9.17) is 10.5 Å². The molecule has 0 radical (unpaired) electrons. The van der Waals surface area contributed by atoms with Gasteiger partial charge in [0.1, 0.15) is 12.6 Å². The Morgan fingerprint density at radius 3 is 2.33 bits per heavy atom. The number of carbonyl (C=O) groups is 2. The molecular weight excluding hydrogens is 450 g/mol. The first-order chi connectivity index (χ1) is 17.6. The summed E-state index contributed by atoms with van der Waals surface area (Å²) in [5.74, 6) is 0.0883. The average molecular weight is 480 g/mol. The van der Waals surface area contributed by atoms with Crippen molar-refractivity contribution in [3.63, 3.8) is 0 Å². The largest absolute Gasteiger partial charge is 0.445 e. The van der Waals surface area contributed by atoms with Crippen LogP contribution >= 0.6 is 0 Å². The van der Waals surface area contributed by atoms with E-state index in [1.165, 1.54) is 5.56 Å². The second kappa shape index (κ2) is 10.6. The van der Waals surface area contributed by atoms with Crippen molar-refractivity contribution in [2.24, 2.45) is 5.73 Å². The molecule has 0 heterocycles. The van der Waals surface area contributed by atoms with Crippen molar-refractivity contribution in [2.45, 2.75) is 37.5 Å². The molecule has 4 N–H and O–H groups in total. The Labute approximate surface area is 210 Å². The van der Waals surface area contributed by atoms with Gasteiger partial charge >= 0.3 is 6.09 Å². The van der Waals surface area contributed by atoms with Crippen LogP contribution in [0.4, 0.5) is 10.5 Å². The molecule has 0 aliphatic heterocycles. The zero-order valence-corrected chi connectivity index (χ0v) is 19.9. The van der Waals surface area contributed by atoms with E-state index in [0.29, 0.717) is 18.0 Å². The van der Waals surface area contributed by atoms with Crippen molar-refractivity contribution in [1.29, 1.82) is 0 Å². The van der Waals surface area contributed by atoms with Crippen LogP contribution in [0.3, 0.4) is 0 Å². The first kappa shape index (κ1) is 23.6. The molecule has 36 heavy (non-hydrogen) atoms. The maximum Gasteiger partial charge on any atom is 0.408 e. The van der Waals surface area contributed by atoms with Gasteiger partial charge in [-0.2, -0.15) is 0 Å². The number of rotatable bonds is 8. The lowest BCUT2D eigenvalue weighted by atomic mass is 9.98. The zero-order valence-electron chi connectivity index (χ0n) is 19.9. The summed E-state index contributed by atoms with van der Waals surface area (Å²) in [5, 5.41) is 7.85. The van der Waals surface area contributed by atoms with Crippen molar-refractivity contribution in [1.82, 2.24) is 5.32 Å². The molecule has 1 saturated carbocycles. The number of amides is 2. The summed E-state index contributed by atoms with van der Waals surface area (Å²) in [6, 6.07) is 30.5. The molecule has 1 fully saturated rings. The lowest BCUT2D eigenvalue weighted by Gasteiger charge is -2.19. The zero-order chi connectivity index (χ0) is 24.9. The highest BCUT2D eigenvalue weighted by Crippen LogP contribution is 2.39. The summed E-state index contributed by atoms with van der Waals surface area (Å²) in [6.45, 7) is 0.125. The smallest absolute Gasteiger partial charge is 0.408 e. The third-order valence-corrected chi connectivity index (χ3v) is 6.57. The predicted molar refractivity (Wildman–Crippen MR) is 142 cm³/mol. The van der Waals surface area contributed by atoms with E-state index in [-0.39, 0.29) is 18.6 Å². The summed E-state index contributed by atoms with van der Waals surface area (Å²) in [4.78, 5) is 26.0. The molecule has 6 nitrogen and oxygen atoms in total. The Morgan fingerprint density at radius 2 is 1.58 bits per heavy atom. The van der Waals surface area contributed by atoms with Crippen LogP contribution in [-0.4, -0.2) is 24.1 Å². The fourth-order valence-electron chi connectivity index (χ4n) is 4.45. The summed E-state index contributed by atoms with van der Waals surface area (Å²) in [5.41, 5.74) is 9.64. The number of nitrogens with one attached hydrogen (secondary N) is 2. The minimum absolute atomic E-state index is 0.125. The van der Waals surface area contributed by atoms with E-state index in [1.54, 1.807) is 0 Å². The summed E-state index contributed by atoms with van der Waals surface area (Å²) < 4.78 is 5.40. The monoisotopic (exact) mass is 479 g/mol. The van der Waals surface area contributed by atoms with Gasteiger partial charge in [0, 0.05) is 24.1 Å². The topological polar surface area (TPSA) is 93.5 Å². The normalized spacial score (nSPS) is 17.2. The number of hydrogen-bond acceptors (Lipinski definition) is 4. The van der Waals surface area contributed by atoms with Crippen molar-refractivity contribution >= 4 is 28.5 Å². The van der Waals surface area contributed by atoms with Gasteiger partial charge in [-0.15, -0.1) is 0 Å². The first-order valence-corrected chi connectivity index (χ1v) is 12.2. The molecule has 4 aromatic carbocycles. The van der Waals surface area contributed by atoms with Crippen LogP contribution in [0.5, 0.6) is 0 Å². The van der Waals surface area contributed by atoms with Crippen molar-refractivity contribution < 1.29 is 14.3 Å². The summed E-state index contributed by atoms with van der Waals surface area (Å²) in [6.07, 6.45) is 0.675. The van der Waals surface area contributed by atoms with Gasteiger partial charge in [0.2, 0.25) is 5.91 Å². The van der Waals surface area contributed by atoms with Crippen LogP contribution < -0.4 is 16.4 Å². The van der Waals surface area contributed by atoms with Crippen LogP contribution in [0.15, 0.2) is 97.1 Å². The molecule has 2 amide bonds. The molecular formula is C30H29N3O3. The van der Waals surface area contributed by atoms with Crippen LogP contribution in [0.2, 0.25) is 0 Å². The molecule has 0 aromatic heterocycles. The van der Waals surface area contributed by atoms with Crippen LogP contribution in [0, 0.1) is 0 Å². The standard InChI is InChI=1S/C30H29N3O3/c31-27-18-26(27)22-13-15-24(16-14-22)32-29(34)28(33-30(35)36-19-20-7-2-1-3-8-20)17-23-11-6-10-21-9-4-5-12-25(21)23/h1-16,26-28H,17-19,31H2,(H,32,34)(H,33,35). The van der Waals surface area contributed by atoms with Crippen molar-refractivity contribution in [3.05, 3.63) is 114 Å². The Kier molecular flexibility index (Phi) is 6.96. The fraction of sp³-hybridized carbons (Fsp3) is 0.200. The van der Waals surface area contributed by atoms with Gasteiger partial charge < -0.3 is 21.1 Å². The van der Waals surface area contributed by atoms with Gasteiger partial charge in [0.25, 0.3) is 0 Å². The number of benzene rings is 4. The van der Waals surface area contributed by atoms with E-state index < -0.39 is 12.1 Å². The van der Waals surface area contributed by atoms with Gasteiger partial charge in [-0.3, -0.25) is 4.79 Å². The second-order valence-electron chi connectivity index (χ2n) is 9.22. The predicted octanol–water partition coefficient (Wildman–Crippen LogP) is 5.13. The van der Waals surface area contributed by atoms with Crippen LogP contribution in [0.25, 0.3) is 10.8 Å². The van der Waals surface area contributed by atoms with Crippen molar-refractivity contribution in [2.75, 3.05) is 5.32 Å². The van der Waals surface area contributed by atoms with Crippen LogP contribution in [-0.2, 0) is 22.6 Å². The van der Waals surface area contributed by atoms with Gasteiger partial charge in [0.05, 0.1) is 0 Å². The molecule has 182 valence electrons. The second-order valence-corrected chi connectivity index (χ2v) is 9.22. The quantitative estimate of drug-likeness (QED) is 0.327. The highest BCUT2D eigenvalue weighted by Gasteiger charge is 2.34. The van der Waals surface area contributed by atoms with E-state index in [0.717, 1.165) is 28.3 Å². The molecule has 0 bridgehead atoms. The van der Waals surface area contributed by atoms with E-state index >= 15 is 0 Å². The highest BCUT2D eigenvalue weighted by atomic mass is 16.5. The Balaban J connectivity index is 1.31. The summed E-state index contributed by atoms with van der Waals surface area (Å²) >= 11 is 0. The molecule has 3 atom stereocenters. The summed E-state index contributed by atoms with van der Waals surface area (Å²) in [7, 11) is 0. The highest BCUT2D eigenvalue weighted by molar-refractivity contribution is 5.97. The third-order valence-electron chi connectivity index (χ3n) is 6.57. The number of fused-ring (bicyclic) bond motifs is 1. The molecule has 5 rings (SSSR count). The first-order valence-electron chi connectivity index (χ1n) is 12.2. The minimum Gasteiger partial charge on any atom is -0.445 e. The number of alkyl carbamates (subject to hydrolysis) is 1. The van der Waals surface area contributed by atoms with Gasteiger partial charge in [0.15, 0.2) is 0 Å². The molecule has 1 aliphatic carbocycles. The SMILES string of the molecule is NC1CC1c1ccc(NC(=O)C(Cc2cccc3ccccc23)NC(=O)OCc2ccccc2)cc1. The van der Waals surface area contributed by atoms with Crippen LogP contribution in [0.1, 0.15) is 29.0 Å². The lowest BCUT2D eigenvalue weighted by Crippen LogP contribution is -2.45. The molecule has 4 aromatic rings. The van der Waals surface area contributed by atoms with E-state index in [1.807, 2.05) is 97.1 Å². The Morgan fingerprint density at radius 1 is 0.889 bits per heavy atom. The van der Waals surface area contributed by atoms with E-state index in [2.05, 4.69) is 10.6 Å². The minimum atomic E-state index is -0.824. The Bertz CT molecular complexity index is 1350. The average Bonchev–Trinajstić information content (AvgIpc) is 3.64. The molecule has 0 saturated heterocycles. The number of ether oxygens (including phenoxy) is 1. The van der Waals surface area contributed by atoms with Gasteiger partial charge in [-0.1, -0.05) is 84.9 Å². The molecule has 0 spiro atoms. The fourth-order valence-corrected chi connectivity index (χ4v) is 4.45. The van der Waals surface area contributed by atoms with Gasteiger partial charge in [-0.05, 0) is 46.0 Å².